The van der Waals surface area contributed by atoms with Crippen LogP contribution in [0.1, 0.15) is 52.7 Å². The highest BCUT2D eigenvalue weighted by Crippen LogP contribution is 2.50. The van der Waals surface area contributed by atoms with Crippen LogP contribution in [0.25, 0.3) is 54.3 Å². The molecule has 0 amide bonds. The van der Waals surface area contributed by atoms with Crippen molar-refractivity contribution in [3.05, 3.63) is 211 Å². The predicted molar refractivity (Wildman–Crippen MR) is 298 cm³/mol. The summed E-state index contributed by atoms with van der Waals surface area (Å²) in [7, 11) is 0. The van der Waals surface area contributed by atoms with Gasteiger partial charge in [0.25, 0.3) is 6.71 Å². The molecule has 338 valence electrons. The molecule has 11 aromatic rings. The van der Waals surface area contributed by atoms with Gasteiger partial charge in [-0.3, -0.25) is 0 Å². The highest BCUT2D eigenvalue weighted by molar-refractivity contribution is 7.33. The van der Waals surface area contributed by atoms with E-state index in [1.807, 2.05) is 17.4 Å². The van der Waals surface area contributed by atoms with E-state index < -0.39 is 0 Å². The number of hydrogen-bond donors (Lipinski definition) is 0. The molecule has 4 heterocycles. The minimum atomic E-state index is -0.0745. The van der Waals surface area contributed by atoms with Crippen molar-refractivity contribution in [2.24, 2.45) is 0 Å². The lowest BCUT2D eigenvalue weighted by atomic mass is 9.37. The Hall–Kier alpha value is -7.80. The molecule has 0 fully saturated rings. The highest BCUT2D eigenvalue weighted by Gasteiger charge is 2.44. The van der Waals surface area contributed by atoms with Crippen LogP contribution in [0.5, 0.6) is 11.5 Å². The van der Waals surface area contributed by atoms with Crippen LogP contribution in [0.15, 0.2) is 205 Å². The second-order valence-corrected chi connectivity index (χ2v) is 22.0. The van der Waals surface area contributed by atoms with E-state index in [0.717, 1.165) is 67.3 Å². The van der Waals surface area contributed by atoms with E-state index in [2.05, 4.69) is 245 Å². The van der Waals surface area contributed by atoms with Crippen LogP contribution in [0.2, 0.25) is 0 Å². The van der Waals surface area contributed by atoms with E-state index in [1.54, 1.807) is 0 Å². The highest BCUT2D eigenvalue weighted by atomic mass is 32.1. The van der Waals surface area contributed by atoms with Crippen LogP contribution in [0, 0.1) is 0 Å². The molecule has 0 spiro atoms. The number of benzene rings is 9. The largest absolute Gasteiger partial charge is 0.458 e. The molecule has 0 saturated carbocycles. The van der Waals surface area contributed by atoms with Gasteiger partial charge >= 0.3 is 0 Å². The Bertz CT molecular complexity index is 3760. The van der Waals surface area contributed by atoms with Crippen molar-refractivity contribution in [2.45, 2.75) is 52.4 Å². The van der Waals surface area contributed by atoms with Gasteiger partial charge in [0.05, 0.1) is 11.4 Å². The number of ether oxygens (including phenoxy) is 1. The molecule has 4 nitrogen and oxygen atoms in total. The van der Waals surface area contributed by atoms with Gasteiger partial charge in [-0.25, -0.2) is 0 Å². The summed E-state index contributed by atoms with van der Waals surface area (Å²) in [4.78, 5) is 4.87. The van der Waals surface area contributed by atoms with Crippen LogP contribution >= 0.6 is 11.3 Å². The number of anilines is 6. The van der Waals surface area contributed by atoms with Crippen LogP contribution in [0.3, 0.4) is 0 Å². The number of para-hydroxylation sites is 2. The monoisotopic (exact) mass is 922 g/mol. The maximum Gasteiger partial charge on any atom is 0.268 e. The lowest BCUT2D eigenvalue weighted by molar-refractivity contribution is 0.487. The fourth-order valence-electron chi connectivity index (χ4n) is 11.2. The van der Waals surface area contributed by atoms with E-state index in [9.17, 15) is 0 Å². The Labute approximate surface area is 414 Å². The zero-order chi connectivity index (χ0) is 47.5. The average Bonchev–Trinajstić information content (AvgIpc) is 3.96. The van der Waals surface area contributed by atoms with E-state index >= 15 is 0 Å². The third kappa shape index (κ3) is 6.72. The lowest BCUT2D eigenvalue weighted by Gasteiger charge is -2.38. The zero-order valence-corrected chi connectivity index (χ0v) is 41.1. The standard InChI is InChI=1S/C64H51BN2O2S/c1-63(2,3)50-34-31-42(37-48(50)40-19-9-7-10-20-40)66(43-32-35-51(64(4,5)6)49(38-43)41-21-11-8-12-22-41)44-33-36-52-57(39-44)68-56-29-18-26-53-59(56)65(52)62-60(47-24-14-16-30-58(47)70-62)67(53)54-27-17-25-46-45-23-13-15-28-55(45)69-61(46)54/h7-39H,1-6H3. The third-order valence-electron chi connectivity index (χ3n) is 14.4. The molecule has 0 aliphatic carbocycles. The van der Waals surface area contributed by atoms with Crippen molar-refractivity contribution in [3.63, 3.8) is 0 Å². The molecule has 0 unspecified atom stereocenters. The summed E-state index contributed by atoms with van der Waals surface area (Å²) in [5.41, 5.74) is 17.9. The minimum absolute atomic E-state index is 0.0533. The first-order valence-corrected chi connectivity index (χ1v) is 25.2. The zero-order valence-electron chi connectivity index (χ0n) is 40.2. The molecular weight excluding hydrogens is 872 g/mol. The van der Waals surface area contributed by atoms with Gasteiger partial charge in [0.15, 0.2) is 5.58 Å². The lowest BCUT2D eigenvalue weighted by Crippen LogP contribution is -2.58. The Morgan fingerprint density at radius 3 is 1.71 bits per heavy atom. The Morgan fingerprint density at radius 2 is 1.04 bits per heavy atom. The maximum atomic E-state index is 7.24. The summed E-state index contributed by atoms with van der Waals surface area (Å²) in [6, 6.07) is 72.9. The van der Waals surface area contributed by atoms with Crippen molar-refractivity contribution in [1.82, 2.24) is 0 Å². The molecule has 0 N–H and O–H groups in total. The summed E-state index contributed by atoms with van der Waals surface area (Å²) in [5, 5.41) is 3.45. The second-order valence-electron chi connectivity index (χ2n) is 20.9. The Morgan fingerprint density at radius 1 is 0.486 bits per heavy atom. The predicted octanol–water partition coefficient (Wildman–Crippen LogP) is 16.6. The van der Waals surface area contributed by atoms with Gasteiger partial charge in [0.1, 0.15) is 17.1 Å². The molecule has 0 radical (unpaired) electrons. The molecule has 9 aromatic carbocycles. The SMILES string of the molecule is CC(C)(C)c1ccc(N(c2ccc3c(c2)Oc2cccc4c2B3c2sc3ccccc3c2N4c2cccc3c2oc2ccccc23)c2ccc(C(C)(C)C)c(-c3ccccc3)c2)cc1-c1ccccc1. The molecule has 6 heteroatoms. The van der Waals surface area contributed by atoms with Crippen molar-refractivity contribution in [2.75, 3.05) is 9.80 Å². The van der Waals surface area contributed by atoms with Crippen LogP contribution in [-0.2, 0) is 10.8 Å². The van der Waals surface area contributed by atoms with Gasteiger partial charge in [-0.1, -0.05) is 175 Å². The van der Waals surface area contributed by atoms with E-state index in [1.165, 1.54) is 59.4 Å². The second kappa shape index (κ2) is 15.9. The van der Waals surface area contributed by atoms with Crippen LogP contribution < -0.4 is 30.2 Å². The summed E-state index contributed by atoms with van der Waals surface area (Å²) >= 11 is 1.88. The first-order chi connectivity index (χ1) is 34.0. The summed E-state index contributed by atoms with van der Waals surface area (Å²) < 4.78 is 16.5. The van der Waals surface area contributed by atoms with Gasteiger partial charge in [-0.2, -0.15) is 0 Å². The van der Waals surface area contributed by atoms with Crippen molar-refractivity contribution in [3.8, 4) is 33.8 Å². The first kappa shape index (κ1) is 42.3. The molecule has 13 rings (SSSR count). The number of hydrogen-bond acceptors (Lipinski definition) is 5. The van der Waals surface area contributed by atoms with Gasteiger partial charge in [-0.05, 0) is 116 Å². The Balaban J connectivity index is 1.02. The fourth-order valence-corrected chi connectivity index (χ4v) is 12.5. The molecule has 2 aromatic heterocycles. The van der Waals surface area contributed by atoms with E-state index in [0.29, 0.717) is 0 Å². The number of nitrogens with zero attached hydrogens (tertiary/aromatic N) is 2. The summed E-state index contributed by atoms with van der Waals surface area (Å²) in [6.45, 7) is 13.8. The average molecular weight is 923 g/mol. The maximum absolute atomic E-state index is 7.24. The minimum Gasteiger partial charge on any atom is -0.458 e. The third-order valence-corrected chi connectivity index (χ3v) is 15.6. The van der Waals surface area contributed by atoms with Crippen molar-refractivity contribution in [1.29, 1.82) is 0 Å². The number of rotatable bonds is 6. The summed E-state index contributed by atoms with van der Waals surface area (Å²) in [5.74, 6) is 1.72. The van der Waals surface area contributed by atoms with Gasteiger partial charge in [-0.15, -0.1) is 11.3 Å². The van der Waals surface area contributed by atoms with E-state index in [4.69, 9.17) is 9.15 Å². The summed E-state index contributed by atoms with van der Waals surface area (Å²) in [6.07, 6.45) is 0. The van der Waals surface area contributed by atoms with Crippen molar-refractivity contribution < 1.29 is 9.15 Å². The molecular formula is C64H51BN2O2S. The van der Waals surface area contributed by atoms with Gasteiger partial charge in [0.2, 0.25) is 0 Å². The smallest absolute Gasteiger partial charge is 0.268 e. The van der Waals surface area contributed by atoms with Crippen LogP contribution in [0.4, 0.5) is 34.1 Å². The molecule has 2 aliphatic rings. The van der Waals surface area contributed by atoms with E-state index in [-0.39, 0.29) is 17.5 Å². The first-order valence-electron chi connectivity index (χ1n) is 24.4. The molecule has 2 aliphatic heterocycles. The van der Waals surface area contributed by atoms with Gasteiger partial charge < -0.3 is 19.0 Å². The topological polar surface area (TPSA) is 28.9 Å². The quantitative estimate of drug-likeness (QED) is 0.155. The Kier molecular flexibility index (Phi) is 9.60. The molecule has 0 atom stereocenters. The van der Waals surface area contributed by atoms with Crippen molar-refractivity contribution >= 4 is 99.9 Å². The fraction of sp³-hybridized carbons (Fsp3) is 0.125. The van der Waals surface area contributed by atoms with Crippen LogP contribution in [-0.4, -0.2) is 6.71 Å². The molecule has 70 heavy (non-hydrogen) atoms. The molecule has 0 bridgehead atoms. The van der Waals surface area contributed by atoms with Gasteiger partial charge in [0, 0.05) is 54.5 Å². The number of furan rings is 1. The number of fused-ring (bicyclic) bond motifs is 9. The normalized spacial score (nSPS) is 13.1. The molecule has 0 saturated heterocycles. The number of thiophene rings is 1.